The van der Waals surface area contributed by atoms with Gasteiger partial charge in [-0.1, -0.05) is 12.1 Å². The van der Waals surface area contributed by atoms with Gasteiger partial charge in [-0.3, -0.25) is 5.32 Å². The Morgan fingerprint density at radius 2 is 1.96 bits per heavy atom. The maximum atomic E-state index is 13.7. The lowest BCUT2D eigenvalue weighted by atomic mass is 10.1. The highest BCUT2D eigenvalue weighted by Crippen LogP contribution is 2.12. The second-order valence-corrected chi connectivity index (χ2v) is 6.15. The van der Waals surface area contributed by atoms with Crippen LogP contribution in [0, 0.1) is 5.82 Å². The zero-order chi connectivity index (χ0) is 19.0. The standard InChI is InChI=1S/C17H25FN2O5/c1-5-24-16(23)19-10-17(3,4)20-14(11(2)21)25-15(22)12-8-6-7-9-13(12)18/h6-9,11,14,20-21H,5,10H2,1-4H3,(H,19,23). The van der Waals surface area contributed by atoms with Crippen molar-refractivity contribution in [3.63, 3.8) is 0 Å². The lowest BCUT2D eigenvalue weighted by molar-refractivity contribution is -0.0376. The second kappa shape index (κ2) is 9.33. The molecule has 1 rings (SSSR count). The monoisotopic (exact) mass is 356 g/mol. The lowest BCUT2D eigenvalue weighted by Gasteiger charge is -2.33. The molecule has 0 aliphatic heterocycles. The maximum Gasteiger partial charge on any atom is 0.407 e. The van der Waals surface area contributed by atoms with Crippen molar-refractivity contribution in [1.29, 1.82) is 0 Å². The Morgan fingerprint density at radius 3 is 2.52 bits per heavy atom. The Kier molecular flexibility index (Phi) is 7.79. The van der Waals surface area contributed by atoms with Gasteiger partial charge in [0.2, 0.25) is 0 Å². The first kappa shape index (κ1) is 20.9. The minimum Gasteiger partial charge on any atom is -0.450 e. The Bertz CT molecular complexity index is 592. The number of hydrogen-bond acceptors (Lipinski definition) is 6. The van der Waals surface area contributed by atoms with Crippen LogP contribution in [0.3, 0.4) is 0 Å². The van der Waals surface area contributed by atoms with E-state index in [1.165, 1.54) is 25.1 Å². The molecule has 0 aliphatic rings. The Morgan fingerprint density at radius 1 is 1.32 bits per heavy atom. The van der Waals surface area contributed by atoms with Crippen molar-refractivity contribution in [2.24, 2.45) is 0 Å². The van der Waals surface area contributed by atoms with E-state index in [-0.39, 0.29) is 18.7 Å². The number of amides is 1. The van der Waals surface area contributed by atoms with E-state index in [1.54, 1.807) is 20.8 Å². The molecule has 3 N–H and O–H groups in total. The number of nitrogens with one attached hydrogen (secondary N) is 2. The molecule has 1 aromatic carbocycles. The van der Waals surface area contributed by atoms with Gasteiger partial charge in [0.25, 0.3) is 0 Å². The molecule has 0 aromatic heterocycles. The Labute approximate surface area is 146 Å². The third kappa shape index (κ3) is 7.06. The van der Waals surface area contributed by atoms with E-state index in [0.717, 1.165) is 6.07 Å². The molecule has 2 unspecified atom stereocenters. The van der Waals surface area contributed by atoms with Crippen LogP contribution in [-0.2, 0) is 9.47 Å². The number of ether oxygens (including phenoxy) is 2. The van der Waals surface area contributed by atoms with E-state index in [4.69, 9.17) is 9.47 Å². The molecule has 0 heterocycles. The van der Waals surface area contributed by atoms with Crippen molar-refractivity contribution < 1.29 is 28.6 Å². The van der Waals surface area contributed by atoms with Crippen LogP contribution in [0.1, 0.15) is 38.1 Å². The van der Waals surface area contributed by atoms with Crippen LogP contribution >= 0.6 is 0 Å². The molecular formula is C17H25FN2O5. The zero-order valence-electron chi connectivity index (χ0n) is 14.8. The number of hydrogen-bond donors (Lipinski definition) is 3. The van der Waals surface area contributed by atoms with Gasteiger partial charge in [0, 0.05) is 12.1 Å². The van der Waals surface area contributed by atoms with Gasteiger partial charge in [0.15, 0.2) is 6.23 Å². The van der Waals surface area contributed by atoms with Crippen molar-refractivity contribution in [3.05, 3.63) is 35.6 Å². The summed E-state index contributed by atoms with van der Waals surface area (Å²) in [5.41, 5.74) is -0.957. The molecule has 0 radical (unpaired) electrons. The fraction of sp³-hybridized carbons (Fsp3) is 0.529. The highest BCUT2D eigenvalue weighted by atomic mass is 19.1. The molecule has 2 atom stereocenters. The molecule has 0 aliphatic carbocycles. The van der Waals surface area contributed by atoms with Crippen LogP contribution in [0.2, 0.25) is 0 Å². The number of alkyl carbamates (subject to hydrolysis) is 1. The zero-order valence-corrected chi connectivity index (χ0v) is 14.8. The predicted molar refractivity (Wildman–Crippen MR) is 89.5 cm³/mol. The van der Waals surface area contributed by atoms with Gasteiger partial charge in [-0.2, -0.15) is 0 Å². The Hall–Kier alpha value is -2.19. The smallest absolute Gasteiger partial charge is 0.407 e. The summed E-state index contributed by atoms with van der Waals surface area (Å²) in [5, 5.41) is 15.3. The van der Waals surface area contributed by atoms with Crippen molar-refractivity contribution in [2.75, 3.05) is 13.2 Å². The highest BCUT2D eigenvalue weighted by molar-refractivity contribution is 5.89. The SMILES string of the molecule is CCOC(=O)NCC(C)(C)NC(OC(=O)c1ccccc1F)C(C)O. The summed E-state index contributed by atoms with van der Waals surface area (Å²) >= 11 is 0. The molecule has 0 fully saturated rings. The predicted octanol–water partition coefficient (Wildman–Crippen LogP) is 1.80. The fourth-order valence-electron chi connectivity index (χ4n) is 1.97. The van der Waals surface area contributed by atoms with Gasteiger partial charge in [-0.05, 0) is 39.8 Å². The number of carbonyl (C=O) groups is 2. The van der Waals surface area contributed by atoms with E-state index in [2.05, 4.69) is 10.6 Å². The molecule has 25 heavy (non-hydrogen) atoms. The lowest BCUT2D eigenvalue weighted by Crippen LogP contribution is -2.57. The summed E-state index contributed by atoms with van der Waals surface area (Å²) in [4.78, 5) is 23.5. The first-order valence-corrected chi connectivity index (χ1v) is 7.98. The molecule has 0 bridgehead atoms. The van der Waals surface area contributed by atoms with Crippen molar-refractivity contribution in [2.45, 2.75) is 45.6 Å². The molecular weight excluding hydrogens is 331 g/mol. The van der Waals surface area contributed by atoms with Crippen molar-refractivity contribution >= 4 is 12.1 Å². The number of esters is 1. The average Bonchev–Trinajstić information content (AvgIpc) is 2.53. The average molecular weight is 356 g/mol. The summed E-state index contributed by atoms with van der Waals surface area (Å²) in [6, 6.07) is 5.41. The van der Waals surface area contributed by atoms with Gasteiger partial charge in [0.05, 0.1) is 12.2 Å². The van der Waals surface area contributed by atoms with Crippen LogP contribution in [0.4, 0.5) is 9.18 Å². The summed E-state index contributed by atoms with van der Waals surface area (Å²) in [7, 11) is 0. The summed E-state index contributed by atoms with van der Waals surface area (Å²) in [6.45, 7) is 7.01. The quantitative estimate of drug-likeness (QED) is 0.485. The normalized spacial score (nSPS) is 13.7. The molecule has 0 spiro atoms. The van der Waals surface area contributed by atoms with Crippen LogP contribution in [0.15, 0.2) is 24.3 Å². The number of aliphatic hydroxyl groups excluding tert-OH is 1. The van der Waals surface area contributed by atoms with Gasteiger partial charge < -0.3 is 19.9 Å². The van der Waals surface area contributed by atoms with Crippen LogP contribution in [0.25, 0.3) is 0 Å². The molecule has 8 heteroatoms. The van der Waals surface area contributed by atoms with Gasteiger partial charge >= 0.3 is 12.1 Å². The first-order chi connectivity index (χ1) is 11.7. The minimum atomic E-state index is -1.09. The third-order valence-electron chi connectivity index (χ3n) is 3.25. The van der Waals surface area contributed by atoms with Crippen LogP contribution < -0.4 is 10.6 Å². The van der Waals surface area contributed by atoms with Crippen LogP contribution in [-0.4, -0.2) is 48.2 Å². The van der Waals surface area contributed by atoms with E-state index >= 15 is 0 Å². The highest BCUT2D eigenvalue weighted by Gasteiger charge is 2.29. The largest absolute Gasteiger partial charge is 0.450 e. The second-order valence-electron chi connectivity index (χ2n) is 6.15. The van der Waals surface area contributed by atoms with Crippen molar-refractivity contribution in [1.82, 2.24) is 10.6 Å². The first-order valence-electron chi connectivity index (χ1n) is 7.98. The number of rotatable bonds is 8. The maximum absolute atomic E-state index is 13.7. The van der Waals surface area contributed by atoms with E-state index in [9.17, 15) is 19.1 Å². The molecule has 1 aromatic rings. The van der Waals surface area contributed by atoms with E-state index < -0.39 is 35.8 Å². The molecule has 140 valence electrons. The minimum absolute atomic E-state index is 0.159. The topological polar surface area (TPSA) is 96.9 Å². The van der Waals surface area contributed by atoms with Crippen LogP contribution in [0.5, 0.6) is 0 Å². The summed E-state index contributed by atoms with van der Waals surface area (Å²) < 4.78 is 23.6. The van der Waals surface area contributed by atoms with Gasteiger partial charge in [0.1, 0.15) is 11.9 Å². The summed E-state index contributed by atoms with van der Waals surface area (Å²) in [6.07, 6.45) is -2.72. The molecule has 0 saturated carbocycles. The van der Waals surface area contributed by atoms with E-state index in [0.29, 0.717) is 0 Å². The number of aliphatic hydroxyl groups is 1. The number of benzene rings is 1. The van der Waals surface area contributed by atoms with Crippen molar-refractivity contribution in [3.8, 4) is 0 Å². The fourth-order valence-corrected chi connectivity index (χ4v) is 1.97. The molecule has 0 saturated heterocycles. The van der Waals surface area contributed by atoms with E-state index in [1.807, 2.05) is 0 Å². The van der Waals surface area contributed by atoms with Gasteiger partial charge in [-0.15, -0.1) is 0 Å². The molecule has 7 nitrogen and oxygen atoms in total. The number of halogens is 1. The molecule has 1 amide bonds. The number of carbonyl (C=O) groups excluding carboxylic acids is 2. The van der Waals surface area contributed by atoms with Gasteiger partial charge in [-0.25, -0.2) is 14.0 Å². The summed E-state index contributed by atoms with van der Waals surface area (Å²) in [5.74, 6) is -1.61. The third-order valence-corrected chi connectivity index (χ3v) is 3.25. The Balaban J connectivity index is 2.71.